The molecule has 7 heteroatoms. The zero-order chi connectivity index (χ0) is 18.1. The lowest BCUT2D eigenvalue weighted by atomic mass is 10.2. The lowest BCUT2D eigenvalue weighted by molar-refractivity contribution is -0.128. The third-order valence-electron chi connectivity index (χ3n) is 4.61. The van der Waals surface area contributed by atoms with Crippen molar-refractivity contribution in [3.8, 4) is 10.4 Å². The Morgan fingerprint density at radius 3 is 2.69 bits per heavy atom. The van der Waals surface area contributed by atoms with Gasteiger partial charge in [0.15, 0.2) is 0 Å². The van der Waals surface area contributed by atoms with Crippen molar-refractivity contribution in [3.63, 3.8) is 0 Å². The van der Waals surface area contributed by atoms with Crippen LogP contribution in [0.25, 0.3) is 20.7 Å². The number of hydrogen-bond acceptors (Lipinski definition) is 5. The van der Waals surface area contributed by atoms with Gasteiger partial charge in [0.05, 0.1) is 16.8 Å². The van der Waals surface area contributed by atoms with E-state index in [0.29, 0.717) is 6.54 Å². The molecule has 3 aromatic rings. The highest BCUT2D eigenvalue weighted by Gasteiger charge is 2.21. The minimum absolute atomic E-state index is 0.132. The van der Waals surface area contributed by atoms with Gasteiger partial charge in [0, 0.05) is 25.0 Å². The van der Waals surface area contributed by atoms with Gasteiger partial charge in [0.1, 0.15) is 18.0 Å². The molecule has 26 heavy (non-hydrogen) atoms. The van der Waals surface area contributed by atoms with Crippen LogP contribution in [0.3, 0.4) is 0 Å². The highest BCUT2D eigenvalue weighted by atomic mass is 32.1. The predicted octanol–water partition coefficient (Wildman–Crippen LogP) is 3.56. The molecule has 0 N–H and O–H groups in total. The van der Waals surface area contributed by atoms with Crippen LogP contribution in [0.1, 0.15) is 12.8 Å². The van der Waals surface area contributed by atoms with Crippen molar-refractivity contribution < 1.29 is 9.18 Å². The lowest BCUT2D eigenvalue weighted by Gasteiger charge is -2.22. The first-order valence-corrected chi connectivity index (χ1v) is 9.43. The molecular formula is C19H19FN4OS. The summed E-state index contributed by atoms with van der Waals surface area (Å²) < 4.78 is 14.1. The topological polar surface area (TPSA) is 49.3 Å². The zero-order valence-electron chi connectivity index (χ0n) is 14.5. The first kappa shape index (κ1) is 16.9. The Hall–Kier alpha value is -2.54. The fourth-order valence-corrected chi connectivity index (χ4v) is 4.37. The average Bonchev–Trinajstić information content (AvgIpc) is 3.31. The third-order valence-corrected chi connectivity index (χ3v) is 5.78. The maximum Gasteiger partial charge on any atom is 0.242 e. The van der Waals surface area contributed by atoms with Gasteiger partial charge in [-0.15, -0.1) is 11.3 Å². The molecule has 1 saturated heterocycles. The van der Waals surface area contributed by atoms with Crippen LogP contribution in [0.2, 0.25) is 0 Å². The molecule has 5 nitrogen and oxygen atoms in total. The number of halogens is 1. The first-order chi connectivity index (χ1) is 12.6. The summed E-state index contributed by atoms with van der Waals surface area (Å²) in [6.45, 7) is 2.00. The third kappa shape index (κ3) is 3.26. The number of hydrogen-bond donors (Lipinski definition) is 0. The van der Waals surface area contributed by atoms with Gasteiger partial charge in [-0.1, -0.05) is 12.1 Å². The summed E-state index contributed by atoms with van der Waals surface area (Å²) in [5.74, 6) is 0.628. The number of aromatic nitrogens is 2. The molecule has 0 unspecified atom stereocenters. The van der Waals surface area contributed by atoms with Gasteiger partial charge in [-0.05, 0) is 36.6 Å². The SMILES string of the molecule is CN(CC(=O)N1CCCC1)c1ncnc2cc(-c3ccc(F)cc3)sc12. The maximum absolute atomic E-state index is 13.2. The molecule has 134 valence electrons. The van der Waals surface area contributed by atoms with E-state index in [-0.39, 0.29) is 11.7 Å². The lowest BCUT2D eigenvalue weighted by Crippen LogP contribution is -2.37. The molecular weight excluding hydrogens is 351 g/mol. The monoisotopic (exact) mass is 370 g/mol. The van der Waals surface area contributed by atoms with E-state index in [4.69, 9.17) is 0 Å². The minimum Gasteiger partial charge on any atom is -0.349 e. The molecule has 0 saturated carbocycles. The largest absolute Gasteiger partial charge is 0.349 e. The van der Waals surface area contributed by atoms with Crippen LogP contribution in [-0.4, -0.2) is 47.5 Å². The van der Waals surface area contributed by atoms with E-state index in [0.717, 1.165) is 52.4 Å². The van der Waals surface area contributed by atoms with Crippen LogP contribution in [-0.2, 0) is 4.79 Å². The summed E-state index contributed by atoms with van der Waals surface area (Å²) in [5, 5.41) is 0. The van der Waals surface area contributed by atoms with Gasteiger partial charge in [-0.25, -0.2) is 14.4 Å². The van der Waals surface area contributed by atoms with Crippen molar-refractivity contribution in [3.05, 3.63) is 42.5 Å². The first-order valence-electron chi connectivity index (χ1n) is 8.61. The van der Waals surface area contributed by atoms with Crippen LogP contribution in [0.4, 0.5) is 10.2 Å². The van der Waals surface area contributed by atoms with Crippen molar-refractivity contribution in [1.29, 1.82) is 0 Å². The van der Waals surface area contributed by atoms with Crippen molar-refractivity contribution in [1.82, 2.24) is 14.9 Å². The highest BCUT2D eigenvalue weighted by molar-refractivity contribution is 7.22. The summed E-state index contributed by atoms with van der Waals surface area (Å²) in [6, 6.07) is 8.40. The Balaban J connectivity index is 1.62. The summed E-state index contributed by atoms with van der Waals surface area (Å²) in [7, 11) is 1.88. The van der Waals surface area contributed by atoms with Gasteiger partial charge < -0.3 is 9.80 Å². The number of anilines is 1. The minimum atomic E-state index is -0.254. The Morgan fingerprint density at radius 2 is 1.96 bits per heavy atom. The number of likely N-dealkylation sites (tertiary alicyclic amines) is 1. The molecule has 0 atom stereocenters. The van der Waals surface area contributed by atoms with Crippen LogP contribution in [0, 0.1) is 5.82 Å². The molecule has 0 spiro atoms. The molecule has 0 radical (unpaired) electrons. The Bertz CT molecular complexity index is 934. The van der Waals surface area contributed by atoms with Gasteiger partial charge >= 0.3 is 0 Å². The van der Waals surface area contributed by atoms with E-state index in [2.05, 4.69) is 9.97 Å². The Kier molecular flexibility index (Phi) is 4.55. The maximum atomic E-state index is 13.2. The molecule has 1 fully saturated rings. The van der Waals surface area contributed by atoms with E-state index in [1.807, 2.05) is 22.9 Å². The van der Waals surface area contributed by atoms with E-state index in [9.17, 15) is 9.18 Å². The molecule has 0 aliphatic carbocycles. The zero-order valence-corrected chi connectivity index (χ0v) is 15.3. The fraction of sp³-hybridized carbons (Fsp3) is 0.316. The number of amides is 1. The smallest absolute Gasteiger partial charge is 0.242 e. The van der Waals surface area contributed by atoms with E-state index < -0.39 is 0 Å². The van der Waals surface area contributed by atoms with E-state index in [1.165, 1.54) is 18.5 Å². The number of carbonyl (C=O) groups is 1. The number of thiophene rings is 1. The average molecular weight is 370 g/mol. The van der Waals surface area contributed by atoms with Gasteiger partial charge in [0.25, 0.3) is 0 Å². The number of likely N-dealkylation sites (N-methyl/N-ethyl adjacent to an activating group) is 1. The van der Waals surface area contributed by atoms with Gasteiger partial charge in [0.2, 0.25) is 5.91 Å². The fourth-order valence-electron chi connectivity index (χ4n) is 3.21. The second kappa shape index (κ2) is 6.99. The summed E-state index contributed by atoms with van der Waals surface area (Å²) in [5.41, 5.74) is 1.77. The molecule has 1 aliphatic heterocycles. The number of carbonyl (C=O) groups excluding carboxylic acids is 1. The normalized spacial score (nSPS) is 14.2. The molecule has 3 heterocycles. The predicted molar refractivity (Wildman–Crippen MR) is 102 cm³/mol. The summed E-state index contributed by atoms with van der Waals surface area (Å²) >= 11 is 1.56. The second-order valence-corrected chi connectivity index (χ2v) is 7.53. The van der Waals surface area contributed by atoms with Crippen molar-refractivity contribution in [2.75, 3.05) is 31.6 Å². The number of fused-ring (bicyclic) bond motifs is 1. The van der Waals surface area contributed by atoms with Gasteiger partial charge in [-0.3, -0.25) is 4.79 Å². The van der Waals surface area contributed by atoms with E-state index in [1.54, 1.807) is 23.5 Å². The number of rotatable bonds is 4. The van der Waals surface area contributed by atoms with Crippen molar-refractivity contribution >= 4 is 33.3 Å². The number of nitrogens with zero attached hydrogens (tertiary/aromatic N) is 4. The summed E-state index contributed by atoms with van der Waals surface area (Å²) in [4.78, 5) is 26.0. The molecule has 4 rings (SSSR count). The highest BCUT2D eigenvalue weighted by Crippen LogP contribution is 2.36. The second-order valence-electron chi connectivity index (χ2n) is 6.47. The van der Waals surface area contributed by atoms with Crippen LogP contribution >= 0.6 is 11.3 Å². The van der Waals surface area contributed by atoms with E-state index >= 15 is 0 Å². The molecule has 0 bridgehead atoms. The van der Waals surface area contributed by atoms with Crippen molar-refractivity contribution in [2.45, 2.75) is 12.8 Å². The van der Waals surface area contributed by atoms with Crippen LogP contribution in [0.15, 0.2) is 36.7 Å². The van der Waals surface area contributed by atoms with Crippen LogP contribution < -0.4 is 4.90 Å². The summed E-state index contributed by atoms with van der Waals surface area (Å²) in [6.07, 6.45) is 3.69. The standard InChI is InChI=1S/C19H19FN4OS/c1-23(11-17(25)24-8-2-3-9-24)19-18-15(21-12-22-19)10-16(26-18)13-4-6-14(20)7-5-13/h4-7,10,12H,2-3,8-9,11H2,1H3. The number of benzene rings is 1. The quantitative estimate of drug-likeness (QED) is 0.705. The Labute approximate surface area is 155 Å². The molecule has 2 aromatic heterocycles. The molecule has 1 aliphatic rings. The van der Waals surface area contributed by atoms with Gasteiger partial charge in [-0.2, -0.15) is 0 Å². The van der Waals surface area contributed by atoms with Crippen LogP contribution in [0.5, 0.6) is 0 Å². The molecule has 1 amide bonds. The molecule has 1 aromatic carbocycles. The van der Waals surface area contributed by atoms with Crippen molar-refractivity contribution in [2.24, 2.45) is 0 Å². The Morgan fingerprint density at radius 1 is 1.23 bits per heavy atom.